The first-order chi connectivity index (χ1) is 13.2. The lowest BCUT2D eigenvalue weighted by Crippen LogP contribution is -2.08. The van der Waals surface area contributed by atoms with Gasteiger partial charge in [0.15, 0.2) is 5.43 Å². The molecule has 0 saturated carbocycles. The van der Waals surface area contributed by atoms with Gasteiger partial charge >= 0.3 is 0 Å². The van der Waals surface area contributed by atoms with Crippen LogP contribution in [0.5, 0.6) is 0 Å². The van der Waals surface area contributed by atoms with Gasteiger partial charge in [0, 0.05) is 11.1 Å². The molecule has 0 atom stereocenters. The lowest BCUT2D eigenvalue weighted by molar-refractivity contribution is 0.585. The van der Waals surface area contributed by atoms with Crippen molar-refractivity contribution in [3.05, 3.63) is 75.4 Å². The smallest absolute Gasteiger partial charge is 0.204 e. The van der Waals surface area contributed by atoms with Gasteiger partial charge in [0.25, 0.3) is 0 Å². The van der Waals surface area contributed by atoms with E-state index < -0.39 is 0 Å². The quantitative estimate of drug-likeness (QED) is 0.590. The van der Waals surface area contributed by atoms with Gasteiger partial charge in [0.2, 0.25) is 5.82 Å². The van der Waals surface area contributed by atoms with Crippen molar-refractivity contribution in [1.29, 1.82) is 0 Å². The van der Waals surface area contributed by atoms with Crippen molar-refractivity contribution < 1.29 is 8.81 Å². The molecule has 1 aliphatic rings. The highest BCUT2D eigenvalue weighted by Crippen LogP contribution is 2.34. The third-order valence-electron chi connectivity index (χ3n) is 4.73. The number of fused-ring (bicyclic) bond motifs is 2. The van der Waals surface area contributed by atoms with Crippen LogP contribution in [0.15, 0.2) is 51.7 Å². The van der Waals surface area contributed by atoms with E-state index in [4.69, 9.17) is 4.42 Å². The van der Waals surface area contributed by atoms with E-state index in [1.165, 1.54) is 12.1 Å². The minimum absolute atomic E-state index is 0.0425. The molecule has 0 aliphatic heterocycles. The monoisotopic (exact) mass is 360 g/mol. The Morgan fingerprint density at radius 2 is 1.96 bits per heavy atom. The highest BCUT2D eigenvalue weighted by atomic mass is 19.1. The minimum atomic E-state index is -0.279. The molecule has 0 bridgehead atoms. The molecule has 1 aliphatic carbocycles. The highest BCUT2D eigenvalue weighted by molar-refractivity contribution is 5.88. The van der Waals surface area contributed by atoms with E-state index in [1.54, 1.807) is 30.3 Å². The van der Waals surface area contributed by atoms with Crippen LogP contribution in [-0.2, 0) is 6.42 Å². The topological polar surface area (TPSA) is 84.7 Å². The number of H-pyrrole nitrogens is 1. The van der Waals surface area contributed by atoms with Crippen molar-refractivity contribution in [2.75, 3.05) is 0 Å². The van der Waals surface area contributed by atoms with Gasteiger partial charge in [-0.2, -0.15) is 5.21 Å². The Kier molecular flexibility index (Phi) is 3.46. The van der Waals surface area contributed by atoms with Crippen molar-refractivity contribution in [3.63, 3.8) is 0 Å². The van der Waals surface area contributed by atoms with Crippen LogP contribution in [-0.4, -0.2) is 20.6 Å². The highest BCUT2D eigenvalue weighted by Gasteiger charge is 2.24. The second-order valence-corrected chi connectivity index (χ2v) is 6.41. The maximum atomic E-state index is 13.1. The average Bonchev–Trinajstić information content (AvgIpc) is 3.35. The lowest BCUT2D eigenvalue weighted by atomic mass is 10.1. The van der Waals surface area contributed by atoms with Crippen LogP contribution >= 0.6 is 0 Å². The van der Waals surface area contributed by atoms with Gasteiger partial charge in [0.05, 0.1) is 5.39 Å². The molecule has 0 radical (unpaired) electrons. The molecule has 1 N–H and O–H groups in total. The molecule has 0 saturated heterocycles. The number of aromatic nitrogens is 4. The number of hydrogen-bond donors (Lipinski definition) is 1. The first-order valence-corrected chi connectivity index (χ1v) is 8.49. The van der Waals surface area contributed by atoms with Crippen LogP contribution in [0.1, 0.15) is 23.3 Å². The normalized spacial score (nSPS) is 14.8. The summed E-state index contributed by atoms with van der Waals surface area (Å²) in [6.07, 6.45) is 3.26. The molecule has 4 aromatic rings. The van der Waals surface area contributed by atoms with Crippen LogP contribution in [0.25, 0.3) is 34.0 Å². The Labute approximate surface area is 152 Å². The van der Waals surface area contributed by atoms with Gasteiger partial charge in [-0.1, -0.05) is 12.1 Å². The Balaban J connectivity index is 1.64. The molecule has 5 rings (SSSR count). The molecule has 2 aromatic heterocycles. The largest absolute Gasteiger partial charge is 0.456 e. The fourth-order valence-corrected chi connectivity index (χ4v) is 3.41. The van der Waals surface area contributed by atoms with Crippen molar-refractivity contribution in [3.8, 4) is 11.4 Å². The summed E-state index contributed by atoms with van der Waals surface area (Å²) in [6, 6.07) is 11.5. The van der Waals surface area contributed by atoms with Gasteiger partial charge in [0.1, 0.15) is 17.2 Å². The van der Waals surface area contributed by atoms with Gasteiger partial charge in [-0.3, -0.25) is 4.79 Å². The first kappa shape index (κ1) is 15.6. The summed E-state index contributed by atoms with van der Waals surface area (Å²) in [7, 11) is 0. The number of benzene rings is 2. The fraction of sp³-hybridized carbons (Fsp3) is 0.100. The third kappa shape index (κ3) is 2.64. The second kappa shape index (κ2) is 5.98. The summed E-state index contributed by atoms with van der Waals surface area (Å²) in [5.74, 6) is 0.761. The number of tetrazole rings is 1. The van der Waals surface area contributed by atoms with Crippen molar-refractivity contribution >= 4 is 22.6 Å². The van der Waals surface area contributed by atoms with E-state index >= 15 is 0 Å². The summed E-state index contributed by atoms with van der Waals surface area (Å²) in [6.45, 7) is 0. The average molecular weight is 360 g/mol. The lowest BCUT2D eigenvalue weighted by Gasteiger charge is -2.05. The number of hydrogen-bond acceptors (Lipinski definition) is 5. The summed E-state index contributed by atoms with van der Waals surface area (Å²) < 4.78 is 19.2. The zero-order valence-corrected chi connectivity index (χ0v) is 14.1. The molecule has 27 heavy (non-hydrogen) atoms. The predicted molar refractivity (Wildman–Crippen MR) is 98.2 cm³/mol. The van der Waals surface area contributed by atoms with E-state index in [0.29, 0.717) is 46.5 Å². The summed E-state index contributed by atoms with van der Waals surface area (Å²) in [4.78, 5) is 13.0. The Bertz CT molecular complexity index is 1240. The van der Waals surface area contributed by atoms with Gasteiger partial charge < -0.3 is 4.42 Å². The molecule has 2 aromatic carbocycles. The van der Waals surface area contributed by atoms with Gasteiger partial charge in [-0.15, -0.1) is 10.2 Å². The van der Waals surface area contributed by atoms with Crippen LogP contribution in [0.3, 0.4) is 0 Å². The molecule has 0 spiro atoms. The molecular formula is C20H13FN4O2. The standard InChI is InChI=1S/C20H13FN4O2/c21-14-5-1-11(2-6-14)9-12-3-7-15-18(26)16-10-13(20-22-24-25-23-20)4-8-17(16)27-19(12)15/h1-2,4-6,8-10H,3,7H2,(H,22,23,24,25). The van der Waals surface area contributed by atoms with Crippen LogP contribution in [0.2, 0.25) is 0 Å². The van der Waals surface area contributed by atoms with E-state index in [9.17, 15) is 9.18 Å². The maximum absolute atomic E-state index is 13.1. The Morgan fingerprint density at radius 3 is 2.74 bits per heavy atom. The van der Waals surface area contributed by atoms with E-state index in [-0.39, 0.29) is 11.2 Å². The number of nitrogens with zero attached hydrogens (tertiary/aromatic N) is 3. The Morgan fingerprint density at radius 1 is 1.11 bits per heavy atom. The summed E-state index contributed by atoms with van der Waals surface area (Å²) in [5.41, 5.74) is 3.65. The number of nitrogens with one attached hydrogen (secondary N) is 1. The Hall–Kier alpha value is -3.61. The number of aromatic amines is 1. The molecule has 0 unspecified atom stereocenters. The summed E-state index contributed by atoms with van der Waals surface area (Å²) >= 11 is 0. The van der Waals surface area contributed by atoms with Crippen molar-refractivity contribution in [2.45, 2.75) is 12.8 Å². The third-order valence-corrected chi connectivity index (χ3v) is 4.73. The molecule has 132 valence electrons. The van der Waals surface area contributed by atoms with Crippen molar-refractivity contribution in [1.82, 2.24) is 20.6 Å². The number of allylic oxidation sites excluding steroid dienone is 1. The first-order valence-electron chi connectivity index (χ1n) is 8.49. The van der Waals surface area contributed by atoms with E-state index in [1.807, 2.05) is 6.08 Å². The van der Waals surface area contributed by atoms with Crippen LogP contribution in [0.4, 0.5) is 4.39 Å². The van der Waals surface area contributed by atoms with E-state index in [2.05, 4.69) is 20.6 Å². The minimum Gasteiger partial charge on any atom is -0.456 e. The zero-order chi connectivity index (χ0) is 18.4. The predicted octanol–water partition coefficient (Wildman–Crippen LogP) is 3.60. The SMILES string of the molecule is O=c1c2c(oc3ccc(-c4nn[nH]n4)cc13)C(=Cc1ccc(F)cc1)CC2. The molecule has 0 amide bonds. The fourth-order valence-electron chi connectivity index (χ4n) is 3.41. The molecule has 0 fully saturated rings. The molecular weight excluding hydrogens is 347 g/mol. The van der Waals surface area contributed by atoms with Gasteiger partial charge in [-0.25, -0.2) is 4.39 Å². The number of rotatable bonds is 2. The molecule has 7 heteroatoms. The van der Waals surface area contributed by atoms with Crippen molar-refractivity contribution in [2.24, 2.45) is 0 Å². The van der Waals surface area contributed by atoms with Crippen LogP contribution in [0, 0.1) is 5.82 Å². The molecule has 6 nitrogen and oxygen atoms in total. The van der Waals surface area contributed by atoms with E-state index in [0.717, 1.165) is 11.1 Å². The second-order valence-electron chi connectivity index (χ2n) is 6.41. The zero-order valence-electron chi connectivity index (χ0n) is 14.1. The number of halogens is 1. The van der Waals surface area contributed by atoms with Crippen LogP contribution < -0.4 is 5.43 Å². The van der Waals surface area contributed by atoms with Gasteiger partial charge in [-0.05, 0) is 65.6 Å². The molecule has 2 heterocycles. The summed E-state index contributed by atoms with van der Waals surface area (Å²) in [5, 5.41) is 14.3. The maximum Gasteiger partial charge on any atom is 0.204 e.